The van der Waals surface area contributed by atoms with E-state index >= 15 is 0 Å². The molecule has 1 saturated heterocycles. The van der Waals surface area contributed by atoms with E-state index in [1.807, 2.05) is 30.3 Å². The minimum Gasteiger partial charge on any atom is -0.477 e. The van der Waals surface area contributed by atoms with E-state index < -0.39 is 36.5 Å². The summed E-state index contributed by atoms with van der Waals surface area (Å²) in [7, 11) is -2.15. The van der Waals surface area contributed by atoms with Gasteiger partial charge >= 0.3 is 12.1 Å². The molecule has 1 aromatic carbocycles. The van der Waals surface area contributed by atoms with Gasteiger partial charge in [0, 0.05) is 18.9 Å². The molecule has 2 N–H and O–H groups in total. The highest BCUT2D eigenvalue weighted by Gasteiger charge is 2.66. The Morgan fingerprint density at radius 2 is 1.78 bits per heavy atom. The van der Waals surface area contributed by atoms with Crippen LogP contribution in [0.15, 0.2) is 30.3 Å². The van der Waals surface area contributed by atoms with Crippen LogP contribution in [0.2, 0.25) is 18.1 Å². The Balaban J connectivity index is 2.44. The molecular weight excluding hydrogens is 362 g/mol. The number of hydrogen-bond acceptors (Lipinski definition) is 3. The van der Waals surface area contributed by atoms with Crippen molar-refractivity contribution >= 4 is 20.4 Å². The van der Waals surface area contributed by atoms with Crippen molar-refractivity contribution in [2.75, 3.05) is 6.54 Å². The first-order valence-corrected chi connectivity index (χ1v) is 12.2. The van der Waals surface area contributed by atoms with E-state index in [1.54, 1.807) is 6.92 Å². The highest BCUT2D eigenvalue weighted by atomic mass is 28.4. The van der Waals surface area contributed by atoms with Gasteiger partial charge in [0.1, 0.15) is 19.2 Å². The lowest BCUT2D eigenvalue weighted by molar-refractivity contribution is -0.898. The van der Waals surface area contributed by atoms with Crippen molar-refractivity contribution in [3.8, 4) is 0 Å². The lowest BCUT2D eigenvalue weighted by Gasteiger charge is -2.39. The zero-order valence-corrected chi connectivity index (χ0v) is 18.2. The molecule has 1 aliphatic heterocycles. The maximum Gasteiger partial charge on any atom is 0.514 e. The van der Waals surface area contributed by atoms with Crippen LogP contribution in [0.1, 0.15) is 39.7 Å². The summed E-state index contributed by atoms with van der Waals surface area (Å²) in [6, 6.07) is 9.22. The fraction of sp³-hybridized carbons (Fsp3) is 0.600. The monoisotopic (exact) mass is 394 g/mol. The molecule has 0 aliphatic carbocycles. The molecular formula is C20H32NO5Si+. The number of aliphatic carboxylic acids is 1. The van der Waals surface area contributed by atoms with Crippen LogP contribution in [0.3, 0.4) is 0 Å². The molecule has 1 fully saturated rings. The van der Waals surface area contributed by atoms with Crippen LogP contribution in [0.4, 0.5) is 4.79 Å². The molecule has 1 heterocycles. The average Bonchev–Trinajstić information content (AvgIpc) is 2.80. The van der Waals surface area contributed by atoms with Crippen LogP contribution in [0.5, 0.6) is 0 Å². The molecule has 0 aromatic heterocycles. The zero-order valence-electron chi connectivity index (χ0n) is 17.2. The second kappa shape index (κ2) is 7.03. The van der Waals surface area contributed by atoms with Gasteiger partial charge in [-0.3, -0.25) is 0 Å². The first kappa shape index (κ1) is 21.6. The van der Waals surface area contributed by atoms with E-state index in [-0.39, 0.29) is 24.5 Å². The van der Waals surface area contributed by atoms with E-state index in [0.29, 0.717) is 0 Å². The number of quaternary nitrogens is 1. The summed E-state index contributed by atoms with van der Waals surface area (Å²) in [4.78, 5) is 24.6. The van der Waals surface area contributed by atoms with Gasteiger partial charge in [-0.05, 0) is 18.1 Å². The molecule has 3 atom stereocenters. The van der Waals surface area contributed by atoms with E-state index in [2.05, 4.69) is 33.9 Å². The minimum atomic E-state index is -2.15. The number of likely N-dealkylation sites (tertiary alicyclic amines) is 1. The lowest BCUT2D eigenvalue weighted by Crippen LogP contribution is -2.65. The van der Waals surface area contributed by atoms with Crippen molar-refractivity contribution in [1.82, 2.24) is 0 Å². The first-order chi connectivity index (χ1) is 12.3. The van der Waals surface area contributed by atoms with Crippen molar-refractivity contribution < 1.29 is 28.7 Å². The first-order valence-electron chi connectivity index (χ1n) is 9.31. The molecule has 7 heteroatoms. The van der Waals surface area contributed by atoms with Crippen molar-refractivity contribution in [2.45, 2.75) is 70.4 Å². The van der Waals surface area contributed by atoms with Gasteiger partial charge in [0.15, 0.2) is 8.32 Å². The van der Waals surface area contributed by atoms with Crippen LogP contribution in [0.25, 0.3) is 0 Å². The Bertz CT molecular complexity index is 715. The second-order valence-corrected chi connectivity index (χ2v) is 14.1. The van der Waals surface area contributed by atoms with Crippen LogP contribution in [-0.2, 0) is 15.8 Å². The molecule has 1 aliphatic rings. The third-order valence-corrected chi connectivity index (χ3v) is 11.0. The second-order valence-electron chi connectivity index (χ2n) is 9.36. The smallest absolute Gasteiger partial charge is 0.477 e. The Morgan fingerprint density at radius 3 is 2.22 bits per heavy atom. The zero-order chi connectivity index (χ0) is 20.7. The van der Waals surface area contributed by atoms with Gasteiger partial charge in [-0.15, -0.1) is 0 Å². The van der Waals surface area contributed by atoms with Crippen LogP contribution in [-0.4, -0.2) is 53.3 Å². The van der Waals surface area contributed by atoms with E-state index in [9.17, 15) is 19.8 Å². The summed E-state index contributed by atoms with van der Waals surface area (Å²) >= 11 is 0. The molecule has 0 bridgehead atoms. The van der Waals surface area contributed by atoms with Crippen molar-refractivity contribution in [1.29, 1.82) is 0 Å². The normalized spacial score (nSPS) is 28.9. The predicted octanol–water partition coefficient (Wildman–Crippen LogP) is 4.32. The maximum atomic E-state index is 12.4. The van der Waals surface area contributed by atoms with Gasteiger partial charge in [0.2, 0.25) is 5.54 Å². The number of benzene rings is 1. The molecule has 1 aromatic rings. The van der Waals surface area contributed by atoms with Crippen molar-refractivity contribution in [2.24, 2.45) is 0 Å². The largest absolute Gasteiger partial charge is 0.514 e. The van der Waals surface area contributed by atoms with Crippen molar-refractivity contribution in [3.63, 3.8) is 0 Å². The standard InChI is InChI=1S/C20H31NO5Si/c1-19(2,3)27(5,6)26-16-12-20(4,17(22)23)21(14-16,18(24)25)13-15-10-8-7-9-11-15/h7-11,16H,12-14H2,1-6H3,(H-,22,23,24,25)/p+1/t16-,20-,21?/m1/s1. The maximum absolute atomic E-state index is 12.4. The molecule has 0 saturated carbocycles. The summed E-state index contributed by atoms with van der Waals surface area (Å²) in [6.07, 6.45) is -1.33. The average molecular weight is 395 g/mol. The summed E-state index contributed by atoms with van der Waals surface area (Å²) in [5.74, 6) is -1.10. The number of rotatable bonds is 5. The van der Waals surface area contributed by atoms with Gasteiger partial charge in [-0.2, -0.15) is 4.79 Å². The summed E-state index contributed by atoms with van der Waals surface area (Å²) < 4.78 is 5.90. The number of nitrogens with zero attached hydrogens (tertiary/aromatic N) is 1. The lowest BCUT2D eigenvalue weighted by atomic mass is 9.95. The molecule has 150 valence electrons. The highest BCUT2D eigenvalue weighted by Crippen LogP contribution is 2.44. The Hall–Kier alpha value is -1.70. The molecule has 27 heavy (non-hydrogen) atoms. The Morgan fingerprint density at radius 1 is 1.22 bits per heavy atom. The molecule has 1 unspecified atom stereocenters. The van der Waals surface area contributed by atoms with Crippen molar-refractivity contribution in [3.05, 3.63) is 35.9 Å². The van der Waals surface area contributed by atoms with Crippen LogP contribution < -0.4 is 0 Å². The topological polar surface area (TPSA) is 83.8 Å². The number of carboxylic acid groups (broad SMARTS) is 2. The number of hydrogen-bond donors (Lipinski definition) is 2. The predicted molar refractivity (Wildman–Crippen MR) is 106 cm³/mol. The van der Waals surface area contributed by atoms with Crippen LogP contribution in [0, 0.1) is 0 Å². The Labute approximate surface area is 162 Å². The van der Waals surface area contributed by atoms with Gasteiger partial charge in [-0.25, -0.2) is 9.28 Å². The summed E-state index contributed by atoms with van der Waals surface area (Å²) in [5, 5.41) is 20.1. The molecule has 0 spiro atoms. The van der Waals surface area contributed by atoms with E-state index in [4.69, 9.17) is 4.43 Å². The van der Waals surface area contributed by atoms with E-state index in [0.717, 1.165) is 5.56 Å². The summed E-state index contributed by atoms with van der Waals surface area (Å²) in [6.45, 7) is 12.4. The SMILES string of the molecule is CC(C)(C)[Si](C)(C)O[C@@H]1C[C@](C)(C(=O)O)[N+](Cc2ccccc2)(C(=O)O)C1. The number of carboxylic acids is 1. The third-order valence-electron chi connectivity index (χ3n) is 6.47. The number of amides is 1. The Kier molecular flexibility index (Phi) is 5.63. The van der Waals surface area contributed by atoms with Gasteiger partial charge in [0.25, 0.3) is 0 Å². The molecule has 0 radical (unpaired) electrons. The highest BCUT2D eigenvalue weighted by molar-refractivity contribution is 6.74. The number of carbonyl (C=O) groups is 2. The fourth-order valence-electron chi connectivity index (χ4n) is 3.67. The van der Waals surface area contributed by atoms with Gasteiger partial charge in [-0.1, -0.05) is 51.1 Å². The quantitative estimate of drug-likeness (QED) is 0.574. The fourth-order valence-corrected chi connectivity index (χ4v) is 5.01. The third kappa shape index (κ3) is 3.81. The molecule has 1 amide bonds. The van der Waals surface area contributed by atoms with Gasteiger partial charge in [0.05, 0.1) is 0 Å². The van der Waals surface area contributed by atoms with Crippen LogP contribution >= 0.6 is 0 Å². The van der Waals surface area contributed by atoms with E-state index in [1.165, 1.54) is 0 Å². The molecule has 6 nitrogen and oxygen atoms in total. The van der Waals surface area contributed by atoms with Gasteiger partial charge < -0.3 is 14.6 Å². The molecule has 2 rings (SSSR count). The summed E-state index contributed by atoms with van der Waals surface area (Å²) in [5.41, 5.74) is -0.644. The minimum absolute atomic E-state index is 0.0342.